The molecule has 2 rings (SSSR count). The summed E-state index contributed by atoms with van der Waals surface area (Å²) in [5.74, 6) is 0.00973. The molecule has 3 N–H and O–H groups in total. The molecule has 1 saturated heterocycles. The fraction of sp³-hybridized carbons (Fsp3) is 0.529. The fourth-order valence-electron chi connectivity index (χ4n) is 2.56. The SMILES string of the molecule is CC(C)(C)NC(=O)CN=C(N)N1CCN(c2ccc(F)cc2)CC1.I. The lowest BCUT2D eigenvalue weighted by Crippen LogP contribution is -2.51. The third-order valence-corrected chi connectivity index (χ3v) is 3.69. The summed E-state index contributed by atoms with van der Waals surface area (Å²) >= 11 is 0. The van der Waals surface area contributed by atoms with Gasteiger partial charge in [-0.05, 0) is 45.0 Å². The highest BCUT2D eigenvalue weighted by molar-refractivity contribution is 14.0. The molecule has 0 unspecified atom stereocenters. The number of hydrogen-bond donors (Lipinski definition) is 2. The number of piperazine rings is 1. The average molecular weight is 463 g/mol. The molecule has 0 saturated carbocycles. The van der Waals surface area contributed by atoms with Crippen molar-refractivity contribution in [2.45, 2.75) is 26.3 Å². The van der Waals surface area contributed by atoms with Crippen LogP contribution >= 0.6 is 24.0 Å². The minimum Gasteiger partial charge on any atom is -0.370 e. The van der Waals surface area contributed by atoms with Gasteiger partial charge in [0, 0.05) is 37.4 Å². The number of amides is 1. The summed E-state index contributed by atoms with van der Waals surface area (Å²) in [6, 6.07) is 6.48. The Bertz CT molecular complexity index is 592. The Hall–Kier alpha value is -1.58. The molecule has 6 nitrogen and oxygen atoms in total. The van der Waals surface area contributed by atoms with Gasteiger partial charge in [0.15, 0.2) is 5.96 Å². The molecule has 25 heavy (non-hydrogen) atoms. The van der Waals surface area contributed by atoms with E-state index in [0.29, 0.717) is 19.0 Å². The number of carbonyl (C=O) groups excluding carboxylic acids is 1. The van der Waals surface area contributed by atoms with Gasteiger partial charge >= 0.3 is 0 Å². The van der Waals surface area contributed by atoms with Crippen LogP contribution in [0.2, 0.25) is 0 Å². The van der Waals surface area contributed by atoms with Crippen LogP contribution in [0.15, 0.2) is 29.3 Å². The van der Waals surface area contributed by atoms with E-state index >= 15 is 0 Å². The predicted molar refractivity (Wildman–Crippen MR) is 110 cm³/mol. The summed E-state index contributed by atoms with van der Waals surface area (Å²) in [7, 11) is 0. The number of halogens is 2. The molecule has 1 amide bonds. The van der Waals surface area contributed by atoms with Gasteiger partial charge in [0.1, 0.15) is 12.4 Å². The number of aliphatic imine (C=N–C) groups is 1. The molecule has 1 aliphatic rings. The molecular formula is C17H27FIN5O. The van der Waals surface area contributed by atoms with E-state index in [-0.39, 0.29) is 47.8 Å². The molecule has 1 aromatic carbocycles. The maximum atomic E-state index is 13.0. The third kappa shape index (κ3) is 7.05. The molecule has 1 aliphatic heterocycles. The van der Waals surface area contributed by atoms with E-state index in [4.69, 9.17) is 5.73 Å². The summed E-state index contributed by atoms with van der Waals surface area (Å²) in [6.45, 7) is 8.78. The zero-order chi connectivity index (χ0) is 17.7. The van der Waals surface area contributed by atoms with Gasteiger partial charge in [-0.15, -0.1) is 24.0 Å². The number of benzene rings is 1. The van der Waals surface area contributed by atoms with Crippen molar-refractivity contribution in [3.8, 4) is 0 Å². The zero-order valence-corrected chi connectivity index (χ0v) is 17.3. The smallest absolute Gasteiger partial charge is 0.242 e. The van der Waals surface area contributed by atoms with E-state index in [1.165, 1.54) is 12.1 Å². The second-order valence-electron chi connectivity index (χ2n) is 6.92. The average Bonchev–Trinajstić information content (AvgIpc) is 2.52. The normalized spacial score (nSPS) is 15.6. The monoisotopic (exact) mass is 463 g/mol. The highest BCUT2D eigenvalue weighted by Gasteiger charge is 2.19. The van der Waals surface area contributed by atoms with Crippen LogP contribution in [-0.2, 0) is 4.79 Å². The van der Waals surface area contributed by atoms with Gasteiger partial charge < -0.3 is 20.9 Å². The van der Waals surface area contributed by atoms with Gasteiger partial charge in [-0.1, -0.05) is 0 Å². The highest BCUT2D eigenvalue weighted by atomic mass is 127. The van der Waals surface area contributed by atoms with Crippen LogP contribution in [0.3, 0.4) is 0 Å². The molecule has 0 radical (unpaired) electrons. The first-order chi connectivity index (χ1) is 11.2. The Morgan fingerprint density at radius 3 is 2.28 bits per heavy atom. The van der Waals surface area contributed by atoms with Gasteiger partial charge in [0.05, 0.1) is 0 Å². The molecule has 0 aromatic heterocycles. The quantitative estimate of drug-likeness (QED) is 0.408. The fourth-order valence-corrected chi connectivity index (χ4v) is 2.56. The number of guanidine groups is 1. The summed E-state index contributed by atoms with van der Waals surface area (Å²) in [4.78, 5) is 20.1. The van der Waals surface area contributed by atoms with Crippen molar-refractivity contribution in [1.29, 1.82) is 0 Å². The Kier molecular flexibility index (Phi) is 7.91. The van der Waals surface area contributed by atoms with Crippen molar-refractivity contribution >= 4 is 41.5 Å². The van der Waals surface area contributed by atoms with Crippen molar-refractivity contribution in [3.05, 3.63) is 30.1 Å². The Balaban J connectivity index is 0.00000312. The van der Waals surface area contributed by atoms with E-state index in [2.05, 4.69) is 15.2 Å². The van der Waals surface area contributed by atoms with E-state index in [1.54, 1.807) is 12.1 Å². The van der Waals surface area contributed by atoms with Crippen LogP contribution in [0, 0.1) is 5.82 Å². The molecule has 0 spiro atoms. The number of carbonyl (C=O) groups is 1. The minimum atomic E-state index is -0.276. The lowest BCUT2D eigenvalue weighted by molar-refractivity contribution is -0.121. The topological polar surface area (TPSA) is 74.0 Å². The molecule has 0 atom stereocenters. The lowest BCUT2D eigenvalue weighted by Gasteiger charge is -2.36. The van der Waals surface area contributed by atoms with Gasteiger partial charge in [0.2, 0.25) is 5.91 Å². The molecule has 140 valence electrons. The minimum absolute atomic E-state index is 0. The van der Waals surface area contributed by atoms with Crippen LogP contribution in [0.4, 0.5) is 10.1 Å². The van der Waals surface area contributed by atoms with Crippen LogP contribution < -0.4 is 16.0 Å². The van der Waals surface area contributed by atoms with Crippen molar-refractivity contribution < 1.29 is 9.18 Å². The van der Waals surface area contributed by atoms with E-state index < -0.39 is 0 Å². The maximum Gasteiger partial charge on any atom is 0.242 e. The first kappa shape index (κ1) is 21.5. The zero-order valence-electron chi connectivity index (χ0n) is 15.0. The molecule has 1 fully saturated rings. The number of anilines is 1. The van der Waals surface area contributed by atoms with Crippen molar-refractivity contribution in [2.24, 2.45) is 10.7 Å². The number of nitrogens with zero attached hydrogens (tertiary/aromatic N) is 3. The third-order valence-electron chi connectivity index (χ3n) is 3.69. The van der Waals surface area contributed by atoms with Crippen LogP contribution in [0.5, 0.6) is 0 Å². The van der Waals surface area contributed by atoms with E-state index in [9.17, 15) is 9.18 Å². The Morgan fingerprint density at radius 1 is 1.20 bits per heavy atom. The Morgan fingerprint density at radius 2 is 1.76 bits per heavy atom. The largest absolute Gasteiger partial charge is 0.370 e. The van der Waals surface area contributed by atoms with Gasteiger partial charge in [-0.3, -0.25) is 4.79 Å². The van der Waals surface area contributed by atoms with Crippen LogP contribution in [0.1, 0.15) is 20.8 Å². The molecule has 8 heteroatoms. The Labute approximate surface area is 165 Å². The van der Waals surface area contributed by atoms with Crippen molar-refractivity contribution in [1.82, 2.24) is 10.2 Å². The number of nitrogens with two attached hydrogens (primary N) is 1. The molecule has 0 bridgehead atoms. The lowest BCUT2D eigenvalue weighted by atomic mass is 10.1. The van der Waals surface area contributed by atoms with Crippen molar-refractivity contribution in [3.63, 3.8) is 0 Å². The molecule has 1 heterocycles. The van der Waals surface area contributed by atoms with Crippen molar-refractivity contribution in [2.75, 3.05) is 37.6 Å². The second-order valence-corrected chi connectivity index (χ2v) is 6.92. The molecular weight excluding hydrogens is 436 g/mol. The van der Waals surface area contributed by atoms with Crippen LogP contribution in [0.25, 0.3) is 0 Å². The molecule has 0 aliphatic carbocycles. The first-order valence-electron chi connectivity index (χ1n) is 8.11. The highest BCUT2D eigenvalue weighted by Crippen LogP contribution is 2.16. The number of rotatable bonds is 3. The predicted octanol–water partition coefficient (Wildman–Crippen LogP) is 1.80. The summed E-state index contributed by atoms with van der Waals surface area (Å²) in [5.41, 5.74) is 6.71. The summed E-state index contributed by atoms with van der Waals surface area (Å²) in [5, 5.41) is 2.85. The van der Waals surface area contributed by atoms with Gasteiger partial charge in [-0.2, -0.15) is 0 Å². The number of hydrogen-bond acceptors (Lipinski definition) is 3. The second kappa shape index (κ2) is 9.21. The van der Waals surface area contributed by atoms with E-state index in [1.807, 2.05) is 25.7 Å². The summed E-state index contributed by atoms with van der Waals surface area (Å²) < 4.78 is 13.0. The van der Waals surface area contributed by atoms with Gasteiger partial charge in [-0.25, -0.2) is 9.38 Å². The van der Waals surface area contributed by atoms with Gasteiger partial charge in [0.25, 0.3) is 0 Å². The molecule has 1 aromatic rings. The maximum absolute atomic E-state index is 13.0. The van der Waals surface area contributed by atoms with E-state index in [0.717, 1.165) is 18.8 Å². The summed E-state index contributed by atoms with van der Waals surface area (Å²) in [6.07, 6.45) is 0. The first-order valence-corrected chi connectivity index (χ1v) is 8.11. The van der Waals surface area contributed by atoms with Crippen LogP contribution in [-0.4, -0.2) is 55.0 Å². The standard InChI is InChI=1S/C17H26FN5O.HI/c1-17(2,3)21-15(24)12-20-16(19)23-10-8-22(9-11-23)14-6-4-13(18)5-7-14;/h4-7H,8-12H2,1-3H3,(H2,19,20)(H,21,24);1H. The number of nitrogens with one attached hydrogen (secondary N) is 1.